The van der Waals surface area contributed by atoms with Gasteiger partial charge in [0.15, 0.2) is 0 Å². The second kappa shape index (κ2) is 6.10. The summed E-state index contributed by atoms with van der Waals surface area (Å²) in [6.45, 7) is 2.04. The molecule has 15 heavy (non-hydrogen) atoms. The Morgan fingerprint density at radius 2 is 2.40 bits per heavy atom. The molecule has 1 rings (SSSR count). The molecule has 3 N–H and O–H groups in total. The van der Waals surface area contributed by atoms with Crippen molar-refractivity contribution in [1.29, 1.82) is 0 Å². The van der Waals surface area contributed by atoms with E-state index in [1.54, 1.807) is 10.9 Å². The fourth-order valence-electron chi connectivity index (χ4n) is 1.03. The van der Waals surface area contributed by atoms with Gasteiger partial charge in [-0.25, -0.2) is 4.68 Å². The van der Waals surface area contributed by atoms with Crippen LogP contribution in [0.5, 0.6) is 0 Å². The van der Waals surface area contributed by atoms with Crippen LogP contribution in [-0.2, 0) is 22.5 Å². The van der Waals surface area contributed by atoms with Crippen molar-refractivity contribution in [2.75, 3.05) is 19.8 Å². The number of rotatable bonds is 7. The van der Waals surface area contributed by atoms with Crippen LogP contribution in [0.2, 0.25) is 0 Å². The molecule has 0 aliphatic rings. The molecule has 1 heterocycles. The van der Waals surface area contributed by atoms with Gasteiger partial charge >= 0.3 is 5.97 Å². The van der Waals surface area contributed by atoms with E-state index < -0.39 is 5.97 Å². The predicted octanol–water partition coefficient (Wildman–Crippen LogP) is -1.12. The van der Waals surface area contributed by atoms with Crippen LogP contribution in [0.1, 0.15) is 5.69 Å². The normalized spacial score (nSPS) is 10.5. The molecule has 0 unspecified atom stereocenters. The number of hydrogen-bond acceptors (Lipinski definition) is 5. The Balaban J connectivity index is 2.29. The maximum absolute atomic E-state index is 10.4. The summed E-state index contributed by atoms with van der Waals surface area (Å²) in [5.41, 5.74) is 5.69. The third-order valence-electron chi connectivity index (χ3n) is 1.65. The van der Waals surface area contributed by atoms with E-state index >= 15 is 0 Å². The molecule has 7 heteroatoms. The maximum Gasteiger partial charge on any atom is 0.309 e. The Bertz CT molecular complexity index is 313. The van der Waals surface area contributed by atoms with Crippen molar-refractivity contribution in [3.05, 3.63) is 11.9 Å². The van der Waals surface area contributed by atoms with Crippen LogP contribution >= 0.6 is 0 Å². The largest absolute Gasteiger partial charge is 0.481 e. The van der Waals surface area contributed by atoms with Crippen molar-refractivity contribution in [1.82, 2.24) is 15.0 Å². The molecule has 0 aliphatic carbocycles. The summed E-state index contributed by atoms with van der Waals surface area (Å²) in [5.74, 6) is -0.915. The number of ether oxygens (including phenoxy) is 1. The molecule has 1 aromatic heterocycles. The Morgan fingerprint density at radius 3 is 3.07 bits per heavy atom. The molecule has 1 aromatic rings. The number of carboxylic acid groups (broad SMARTS) is 1. The van der Waals surface area contributed by atoms with Crippen molar-refractivity contribution in [3.8, 4) is 0 Å². The molecule has 0 atom stereocenters. The highest BCUT2D eigenvalue weighted by Gasteiger charge is 2.04. The Kier molecular flexibility index (Phi) is 4.72. The van der Waals surface area contributed by atoms with Gasteiger partial charge in [0.05, 0.1) is 31.9 Å². The summed E-state index contributed by atoms with van der Waals surface area (Å²) < 4.78 is 6.70. The third kappa shape index (κ3) is 4.52. The minimum absolute atomic E-state index is 0.107. The Hall–Kier alpha value is -1.47. The standard InChI is InChI=1S/C8H14N4O3/c9-1-3-15-4-2-12-6-7(10-11-12)5-8(13)14/h6H,1-5,9H2,(H,13,14). The lowest BCUT2D eigenvalue weighted by Gasteiger charge is -2.00. The Labute approximate surface area is 86.8 Å². The zero-order valence-electron chi connectivity index (χ0n) is 8.30. The number of carbonyl (C=O) groups is 1. The van der Waals surface area contributed by atoms with Crippen LogP contribution in [0, 0.1) is 0 Å². The predicted molar refractivity (Wildman–Crippen MR) is 51.2 cm³/mol. The fourth-order valence-corrected chi connectivity index (χ4v) is 1.03. The summed E-state index contributed by atoms with van der Waals surface area (Å²) in [7, 11) is 0. The van der Waals surface area contributed by atoms with Gasteiger partial charge in [0, 0.05) is 12.7 Å². The van der Waals surface area contributed by atoms with Gasteiger partial charge in [-0.15, -0.1) is 5.10 Å². The van der Waals surface area contributed by atoms with Crippen LogP contribution in [0.25, 0.3) is 0 Å². The van der Waals surface area contributed by atoms with Crippen molar-refractivity contribution >= 4 is 5.97 Å². The summed E-state index contributed by atoms with van der Waals surface area (Å²) in [5, 5.41) is 16.0. The second-order valence-corrected chi connectivity index (χ2v) is 2.94. The number of nitrogens with zero attached hydrogens (tertiary/aromatic N) is 3. The minimum Gasteiger partial charge on any atom is -0.481 e. The number of carboxylic acids is 1. The van der Waals surface area contributed by atoms with Crippen LogP contribution in [0.3, 0.4) is 0 Å². The molecule has 0 saturated heterocycles. The topological polar surface area (TPSA) is 103 Å². The van der Waals surface area contributed by atoms with E-state index in [1.165, 1.54) is 0 Å². The molecular formula is C8H14N4O3. The highest BCUT2D eigenvalue weighted by atomic mass is 16.5. The number of hydrogen-bond donors (Lipinski definition) is 2. The number of aliphatic carboxylic acids is 1. The van der Waals surface area contributed by atoms with E-state index in [0.717, 1.165) is 0 Å². The highest BCUT2D eigenvalue weighted by molar-refractivity contribution is 5.69. The second-order valence-electron chi connectivity index (χ2n) is 2.94. The summed E-state index contributed by atoms with van der Waals surface area (Å²) in [4.78, 5) is 10.4. The van der Waals surface area contributed by atoms with E-state index in [-0.39, 0.29) is 6.42 Å². The molecule has 0 aromatic carbocycles. The lowest BCUT2D eigenvalue weighted by atomic mass is 10.3. The molecule has 0 spiro atoms. The quantitative estimate of drug-likeness (QED) is 0.557. The van der Waals surface area contributed by atoms with Gasteiger partial charge in [0.1, 0.15) is 0 Å². The van der Waals surface area contributed by atoms with Gasteiger partial charge in [0.2, 0.25) is 0 Å². The monoisotopic (exact) mass is 214 g/mol. The van der Waals surface area contributed by atoms with Gasteiger partial charge in [-0.3, -0.25) is 4.79 Å². The number of nitrogens with two attached hydrogens (primary N) is 1. The number of aromatic nitrogens is 3. The third-order valence-corrected chi connectivity index (χ3v) is 1.65. The minimum atomic E-state index is -0.915. The van der Waals surface area contributed by atoms with Gasteiger partial charge in [-0.05, 0) is 0 Å². The molecule has 0 amide bonds. The molecule has 0 radical (unpaired) electrons. The van der Waals surface area contributed by atoms with Crippen molar-refractivity contribution in [3.63, 3.8) is 0 Å². The molecule has 84 valence electrons. The molecule has 7 nitrogen and oxygen atoms in total. The van der Waals surface area contributed by atoms with Gasteiger partial charge < -0.3 is 15.6 Å². The average molecular weight is 214 g/mol. The van der Waals surface area contributed by atoms with Crippen molar-refractivity contribution in [2.24, 2.45) is 5.73 Å². The van der Waals surface area contributed by atoms with Gasteiger partial charge in [0.25, 0.3) is 0 Å². The van der Waals surface area contributed by atoms with Crippen LogP contribution in [0.4, 0.5) is 0 Å². The van der Waals surface area contributed by atoms with Gasteiger partial charge in [-0.2, -0.15) is 0 Å². The van der Waals surface area contributed by atoms with Crippen LogP contribution in [0.15, 0.2) is 6.20 Å². The molecule has 0 bridgehead atoms. The first-order chi connectivity index (χ1) is 7.22. The smallest absolute Gasteiger partial charge is 0.309 e. The molecule has 0 saturated carbocycles. The summed E-state index contributed by atoms with van der Waals surface area (Å²) in [6, 6.07) is 0. The van der Waals surface area contributed by atoms with E-state index in [0.29, 0.717) is 32.0 Å². The lowest BCUT2D eigenvalue weighted by Crippen LogP contribution is -2.12. The Morgan fingerprint density at radius 1 is 1.60 bits per heavy atom. The molecule has 0 aliphatic heterocycles. The van der Waals surface area contributed by atoms with E-state index in [1.807, 2.05) is 0 Å². The first kappa shape index (κ1) is 11.6. The van der Waals surface area contributed by atoms with Crippen LogP contribution in [-0.4, -0.2) is 45.8 Å². The zero-order chi connectivity index (χ0) is 11.1. The average Bonchev–Trinajstić information content (AvgIpc) is 2.59. The highest BCUT2D eigenvalue weighted by Crippen LogP contribution is 1.94. The SMILES string of the molecule is NCCOCCn1cc(CC(=O)O)nn1. The van der Waals surface area contributed by atoms with Crippen molar-refractivity contribution in [2.45, 2.75) is 13.0 Å². The van der Waals surface area contributed by atoms with Crippen LogP contribution < -0.4 is 5.73 Å². The fraction of sp³-hybridized carbons (Fsp3) is 0.625. The van der Waals surface area contributed by atoms with E-state index in [2.05, 4.69) is 10.3 Å². The first-order valence-electron chi connectivity index (χ1n) is 4.61. The molecular weight excluding hydrogens is 200 g/mol. The van der Waals surface area contributed by atoms with Crippen molar-refractivity contribution < 1.29 is 14.6 Å². The summed E-state index contributed by atoms with van der Waals surface area (Å²) in [6.07, 6.45) is 1.49. The van der Waals surface area contributed by atoms with E-state index in [4.69, 9.17) is 15.6 Å². The summed E-state index contributed by atoms with van der Waals surface area (Å²) >= 11 is 0. The maximum atomic E-state index is 10.4. The van der Waals surface area contributed by atoms with E-state index in [9.17, 15) is 4.79 Å². The lowest BCUT2D eigenvalue weighted by molar-refractivity contribution is -0.136. The van der Waals surface area contributed by atoms with Gasteiger partial charge in [-0.1, -0.05) is 5.21 Å². The molecule has 0 fully saturated rings. The zero-order valence-corrected chi connectivity index (χ0v) is 8.30. The first-order valence-corrected chi connectivity index (χ1v) is 4.61.